The van der Waals surface area contributed by atoms with E-state index in [0.29, 0.717) is 36.1 Å². The highest BCUT2D eigenvalue weighted by Crippen LogP contribution is 2.37. The lowest BCUT2D eigenvalue weighted by Gasteiger charge is -2.36. The van der Waals surface area contributed by atoms with Crippen molar-refractivity contribution in [1.82, 2.24) is 20.2 Å². The quantitative estimate of drug-likeness (QED) is 0.576. The van der Waals surface area contributed by atoms with Crippen LogP contribution < -0.4 is 11.1 Å². The Bertz CT molecular complexity index is 1080. The summed E-state index contributed by atoms with van der Waals surface area (Å²) in [6, 6.07) is -0.629. The molecule has 0 spiro atoms. The van der Waals surface area contributed by atoms with Crippen LogP contribution in [-0.4, -0.2) is 51.5 Å². The molecule has 1 fully saturated rings. The van der Waals surface area contributed by atoms with E-state index in [-0.39, 0.29) is 18.0 Å². The molecule has 2 aliphatic rings. The predicted molar refractivity (Wildman–Crippen MR) is 116 cm³/mol. The molecular weight excluding hydrogens is 481 g/mol. The Hall–Kier alpha value is -2.51. The smallest absolute Gasteiger partial charge is 0.341 e. The summed E-state index contributed by atoms with van der Waals surface area (Å²) >= 11 is 1.20. The number of aromatic nitrogens is 2. The van der Waals surface area contributed by atoms with Gasteiger partial charge in [-0.2, -0.15) is 18.3 Å². The number of alkyl halides is 5. The third-order valence-electron chi connectivity index (χ3n) is 5.81. The summed E-state index contributed by atoms with van der Waals surface area (Å²) in [5, 5.41) is 7.68. The van der Waals surface area contributed by atoms with E-state index < -0.39 is 36.7 Å². The Kier molecular flexibility index (Phi) is 6.71. The fraction of sp³-hybridized carbons (Fsp3) is 0.524. The number of fused-ring (bicyclic) bond motifs is 1. The molecule has 0 radical (unpaired) electrons. The number of hydrogen-bond acceptors (Lipinski definition) is 6. The van der Waals surface area contributed by atoms with Crippen molar-refractivity contribution in [3.8, 4) is 11.1 Å². The number of hydrogen-bond donors (Lipinski definition) is 2. The molecule has 1 saturated carbocycles. The van der Waals surface area contributed by atoms with Gasteiger partial charge in [0.05, 0.1) is 16.8 Å². The Morgan fingerprint density at radius 3 is 2.82 bits per heavy atom. The molecular formula is C21H24F5N5O2S. The summed E-state index contributed by atoms with van der Waals surface area (Å²) in [7, 11) is 0. The number of nitrogens with zero attached hydrogens (tertiary/aromatic N) is 3. The number of rotatable bonds is 6. The van der Waals surface area contributed by atoms with Crippen LogP contribution in [0, 0.1) is 0 Å². The van der Waals surface area contributed by atoms with Gasteiger partial charge in [0.15, 0.2) is 6.61 Å². The molecule has 4 rings (SSSR count). The van der Waals surface area contributed by atoms with E-state index in [1.54, 1.807) is 18.3 Å². The first kappa shape index (κ1) is 24.6. The lowest BCUT2D eigenvalue weighted by atomic mass is 9.87. The molecule has 3 heterocycles. The van der Waals surface area contributed by atoms with Gasteiger partial charge in [0.25, 0.3) is 11.8 Å². The van der Waals surface area contributed by atoms with E-state index in [9.17, 15) is 26.7 Å². The molecule has 0 saturated heterocycles. The summed E-state index contributed by atoms with van der Waals surface area (Å²) in [5.74, 6) is -3.69. The molecule has 0 bridgehead atoms. The highest BCUT2D eigenvalue weighted by Gasteiger charge is 2.46. The van der Waals surface area contributed by atoms with E-state index in [1.807, 2.05) is 6.92 Å². The Labute approximate surface area is 196 Å². The fourth-order valence-corrected chi connectivity index (χ4v) is 5.15. The molecule has 2 atom stereocenters. The number of thiophene rings is 1. The van der Waals surface area contributed by atoms with Gasteiger partial charge in [-0.15, -0.1) is 11.3 Å². The normalized spacial score (nSPS) is 22.0. The number of nitrogens with two attached hydrogens (primary N) is 1. The highest BCUT2D eigenvalue weighted by molar-refractivity contribution is 7.14. The van der Waals surface area contributed by atoms with Crippen LogP contribution in [0.3, 0.4) is 0 Å². The van der Waals surface area contributed by atoms with Gasteiger partial charge in [-0.1, -0.05) is 6.92 Å². The molecule has 13 heteroatoms. The van der Waals surface area contributed by atoms with E-state index in [1.165, 1.54) is 22.2 Å². The zero-order valence-electron chi connectivity index (χ0n) is 18.2. The van der Waals surface area contributed by atoms with Gasteiger partial charge in [-0.05, 0) is 31.4 Å². The van der Waals surface area contributed by atoms with Crippen LogP contribution in [0.5, 0.6) is 0 Å². The van der Waals surface area contributed by atoms with Crippen LogP contribution in [0.15, 0.2) is 18.5 Å². The van der Waals surface area contributed by atoms with Crippen LogP contribution in [0.25, 0.3) is 17.2 Å². The minimum Gasteiger partial charge on any atom is -0.341 e. The molecule has 1 amide bonds. The monoisotopic (exact) mass is 505 g/mol. The molecule has 7 nitrogen and oxygen atoms in total. The fourth-order valence-electron chi connectivity index (χ4n) is 4.13. The average molecular weight is 506 g/mol. The largest absolute Gasteiger partial charge is 0.414 e. The molecule has 0 aromatic carbocycles. The van der Waals surface area contributed by atoms with Crippen molar-refractivity contribution in [2.75, 3.05) is 6.61 Å². The molecule has 186 valence electrons. The zero-order valence-corrected chi connectivity index (χ0v) is 19.1. The summed E-state index contributed by atoms with van der Waals surface area (Å²) in [6.07, 6.45) is 1.03. The maximum Gasteiger partial charge on any atom is 0.414 e. The number of carbonyl (C=O) groups excluding carboxylic acids is 1. The summed E-state index contributed by atoms with van der Waals surface area (Å²) < 4.78 is 67.4. The Morgan fingerprint density at radius 1 is 1.38 bits per heavy atom. The highest BCUT2D eigenvalue weighted by atomic mass is 32.1. The molecule has 1 aliphatic carbocycles. The standard InChI is InChI=1S/C21H24F5N5O2S/c1-2-16-12(8-17(34-16)19(32)29-18-14(27)4-3-6-20(18,22)23)13-9-28-31-11-30(7-5-15(13)31)33-10-21(24,25)26/h5,7-9,14,18H,2-4,6,10-11,27H2,1H3,(H,29,32). The van der Waals surface area contributed by atoms with Gasteiger partial charge in [0.2, 0.25) is 0 Å². The van der Waals surface area contributed by atoms with Crippen LogP contribution >= 0.6 is 11.3 Å². The van der Waals surface area contributed by atoms with Crippen molar-refractivity contribution in [2.45, 2.75) is 63.5 Å². The van der Waals surface area contributed by atoms with Crippen LogP contribution in [0.2, 0.25) is 0 Å². The van der Waals surface area contributed by atoms with Gasteiger partial charge >= 0.3 is 6.18 Å². The van der Waals surface area contributed by atoms with Crippen LogP contribution in [-0.2, 0) is 17.9 Å². The van der Waals surface area contributed by atoms with Gasteiger partial charge in [-0.25, -0.2) is 18.5 Å². The van der Waals surface area contributed by atoms with Crippen LogP contribution in [0.1, 0.15) is 46.4 Å². The van der Waals surface area contributed by atoms with Gasteiger partial charge < -0.3 is 11.1 Å². The lowest BCUT2D eigenvalue weighted by Crippen LogP contribution is -2.59. The first-order chi connectivity index (χ1) is 16.0. The second kappa shape index (κ2) is 9.27. The van der Waals surface area contributed by atoms with Gasteiger partial charge in [-0.3, -0.25) is 9.63 Å². The Morgan fingerprint density at radius 2 is 2.15 bits per heavy atom. The van der Waals surface area contributed by atoms with Crippen LogP contribution in [0.4, 0.5) is 22.0 Å². The van der Waals surface area contributed by atoms with Gasteiger partial charge in [0.1, 0.15) is 12.7 Å². The van der Waals surface area contributed by atoms with E-state index >= 15 is 0 Å². The number of aryl methyl sites for hydroxylation is 1. The maximum atomic E-state index is 14.3. The molecule has 1 aliphatic heterocycles. The van der Waals surface area contributed by atoms with Crippen molar-refractivity contribution < 1.29 is 31.6 Å². The number of hydroxylamine groups is 2. The molecule has 34 heavy (non-hydrogen) atoms. The minimum atomic E-state index is -4.46. The molecule has 3 N–H and O–H groups in total. The summed E-state index contributed by atoms with van der Waals surface area (Å²) in [6.45, 7) is 0.434. The predicted octanol–water partition coefficient (Wildman–Crippen LogP) is 4.16. The zero-order chi connectivity index (χ0) is 24.7. The molecule has 2 unspecified atom stereocenters. The van der Waals surface area contributed by atoms with Crippen molar-refractivity contribution in [3.63, 3.8) is 0 Å². The topological polar surface area (TPSA) is 85.4 Å². The SMILES string of the molecule is CCc1sc(C(=O)NC2C(N)CCCC2(F)F)cc1-c1cnn2c1C=CN(OCC(F)(F)F)C2. The Balaban J connectivity index is 1.54. The number of amides is 1. The minimum absolute atomic E-state index is 0.0461. The number of nitrogens with one attached hydrogen (secondary N) is 1. The summed E-state index contributed by atoms with van der Waals surface area (Å²) in [5.41, 5.74) is 7.89. The number of halogens is 5. The summed E-state index contributed by atoms with van der Waals surface area (Å²) in [4.78, 5) is 18.7. The third kappa shape index (κ3) is 5.10. The van der Waals surface area contributed by atoms with Crippen molar-refractivity contribution >= 4 is 23.3 Å². The third-order valence-corrected chi connectivity index (χ3v) is 7.09. The molecule has 2 aromatic rings. The number of carbonyl (C=O) groups is 1. The second-order valence-corrected chi connectivity index (χ2v) is 9.41. The van der Waals surface area contributed by atoms with E-state index in [0.717, 1.165) is 9.94 Å². The lowest BCUT2D eigenvalue weighted by molar-refractivity contribution is -0.245. The first-order valence-corrected chi connectivity index (χ1v) is 11.6. The van der Waals surface area contributed by atoms with E-state index in [4.69, 9.17) is 10.6 Å². The average Bonchev–Trinajstić information content (AvgIpc) is 3.37. The first-order valence-electron chi connectivity index (χ1n) is 10.8. The van der Waals surface area contributed by atoms with Crippen molar-refractivity contribution in [2.24, 2.45) is 5.73 Å². The second-order valence-electron chi connectivity index (χ2n) is 8.28. The van der Waals surface area contributed by atoms with Gasteiger partial charge in [0, 0.05) is 34.7 Å². The van der Waals surface area contributed by atoms with E-state index in [2.05, 4.69) is 10.4 Å². The van der Waals surface area contributed by atoms with Crippen molar-refractivity contribution in [3.05, 3.63) is 33.9 Å². The van der Waals surface area contributed by atoms with Crippen molar-refractivity contribution in [1.29, 1.82) is 0 Å². The molecule has 2 aromatic heterocycles. The maximum absolute atomic E-state index is 14.3.